The predicted molar refractivity (Wildman–Crippen MR) is 89.8 cm³/mol. The molecule has 1 aliphatic rings. The van der Waals surface area contributed by atoms with Crippen LogP contribution in [0.3, 0.4) is 0 Å². The molecule has 1 aliphatic heterocycles. The highest BCUT2D eigenvalue weighted by Crippen LogP contribution is 2.28. The maximum Gasteiger partial charge on any atom is 0.132 e. The van der Waals surface area contributed by atoms with Crippen LogP contribution < -0.4 is 4.90 Å². The molecular formula is C17H21BrN2. The fourth-order valence-corrected chi connectivity index (χ4v) is 3.83. The number of hydrogen-bond acceptors (Lipinski definition) is 2. The first-order valence-electron chi connectivity index (χ1n) is 7.45. The molecule has 1 atom stereocenters. The summed E-state index contributed by atoms with van der Waals surface area (Å²) in [7, 11) is 0. The molecule has 106 valence electrons. The average Bonchev–Trinajstić information content (AvgIpc) is 2.47. The van der Waals surface area contributed by atoms with E-state index in [1.165, 1.54) is 36.0 Å². The summed E-state index contributed by atoms with van der Waals surface area (Å²) in [5.74, 6) is 1.98. The van der Waals surface area contributed by atoms with Gasteiger partial charge in [0.25, 0.3) is 0 Å². The van der Waals surface area contributed by atoms with Crippen molar-refractivity contribution < 1.29 is 0 Å². The van der Waals surface area contributed by atoms with Crippen molar-refractivity contribution in [1.82, 2.24) is 4.98 Å². The van der Waals surface area contributed by atoms with Gasteiger partial charge in [-0.15, -0.1) is 0 Å². The number of aryl methyl sites for hydroxylation is 1. The molecule has 20 heavy (non-hydrogen) atoms. The monoisotopic (exact) mass is 332 g/mol. The van der Waals surface area contributed by atoms with Gasteiger partial charge in [-0.3, -0.25) is 0 Å². The van der Waals surface area contributed by atoms with Gasteiger partial charge < -0.3 is 4.90 Å². The molecule has 1 aromatic carbocycles. The van der Waals surface area contributed by atoms with Crippen LogP contribution in [0.4, 0.5) is 5.82 Å². The van der Waals surface area contributed by atoms with Crippen LogP contribution in [0, 0.1) is 12.8 Å². The van der Waals surface area contributed by atoms with Crippen molar-refractivity contribution >= 4 is 32.7 Å². The molecule has 0 N–H and O–H groups in total. The average molecular weight is 333 g/mol. The second-order valence-corrected chi connectivity index (χ2v) is 6.55. The molecule has 1 saturated heterocycles. The van der Waals surface area contributed by atoms with E-state index < -0.39 is 0 Å². The second-order valence-electron chi connectivity index (χ2n) is 5.75. The molecule has 0 radical (unpaired) electrons. The maximum atomic E-state index is 4.91. The Hall–Kier alpha value is -1.09. The highest BCUT2D eigenvalue weighted by molar-refractivity contribution is 9.09. The molecule has 2 heterocycles. The van der Waals surface area contributed by atoms with Gasteiger partial charge in [0.15, 0.2) is 0 Å². The number of nitrogens with zero attached hydrogens (tertiary/aromatic N) is 2. The lowest BCUT2D eigenvalue weighted by Gasteiger charge is -2.34. The van der Waals surface area contributed by atoms with Crippen LogP contribution >= 0.6 is 15.9 Å². The van der Waals surface area contributed by atoms with Crippen LogP contribution in [0.25, 0.3) is 10.9 Å². The largest absolute Gasteiger partial charge is 0.356 e. The van der Waals surface area contributed by atoms with Crippen LogP contribution in [0.2, 0.25) is 0 Å². The summed E-state index contributed by atoms with van der Waals surface area (Å²) >= 11 is 3.57. The molecule has 3 rings (SSSR count). The van der Waals surface area contributed by atoms with Gasteiger partial charge >= 0.3 is 0 Å². The molecule has 2 nitrogen and oxygen atoms in total. The van der Waals surface area contributed by atoms with Gasteiger partial charge in [-0.05, 0) is 49.8 Å². The third kappa shape index (κ3) is 2.83. The van der Waals surface area contributed by atoms with Gasteiger partial charge in [-0.2, -0.15) is 0 Å². The van der Waals surface area contributed by atoms with E-state index in [0.717, 1.165) is 29.9 Å². The topological polar surface area (TPSA) is 16.1 Å². The normalized spacial score (nSPS) is 19.5. The Morgan fingerprint density at radius 3 is 3.05 bits per heavy atom. The van der Waals surface area contributed by atoms with Gasteiger partial charge in [-0.1, -0.05) is 34.1 Å². The van der Waals surface area contributed by atoms with E-state index in [1.807, 2.05) is 0 Å². The second kappa shape index (κ2) is 6.13. The molecule has 1 fully saturated rings. The highest BCUT2D eigenvalue weighted by Gasteiger charge is 2.21. The van der Waals surface area contributed by atoms with Crippen LogP contribution in [0.15, 0.2) is 30.3 Å². The standard InChI is InChI=1S/C17H21BrN2/c1-13-11-15-6-2-3-7-16(15)19-17(13)20-10-4-5-14(12-20)8-9-18/h2-3,6-7,11,14H,4-5,8-10,12H2,1H3. The SMILES string of the molecule is Cc1cc2ccccc2nc1N1CCCC(CCBr)C1. The van der Waals surface area contributed by atoms with Crippen LogP contribution in [0.5, 0.6) is 0 Å². The van der Waals surface area contributed by atoms with Gasteiger partial charge in [0.05, 0.1) is 5.52 Å². The molecule has 0 saturated carbocycles. The lowest BCUT2D eigenvalue weighted by Crippen LogP contribution is -2.36. The maximum absolute atomic E-state index is 4.91. The van der Waals surface area contributed by atoms with E-state index in [0.29, 0.717) is 0 Å². The molecule has 0 spiro atoms. The Balaban J connectivity index is 1.90. The lowest BCUT2D eigenvalue weighted by atomic mass is 9.95. The highest BCUT2D eigenvalue weighted by atomic mass is 79.9. The zero-order valence-electron chi connectivity index (χ0n) is 12.0. The molecule has 1 unspecified atom stereocenters. The number of halogens is 1. The number of para-hydroxylation sites is 1. The molecule has 0 aliphatic carbocycles. The fraction of sp³-hybridized carbons (Fsp3) is 0.471. The van der Waals surface area contributed by atoms with Crippen molar-refractivity contribution in [3.8, 4) is 0 Å². The molecule has 3 heteroatoms. The number of rotatable bonds is 3. The van der Waals surface area contributed by atoms with Gasteiger partial charge in [0.2, 0.25) is 0 Å². The number of piperidine rings is 1. The van der Waals surface area contributed by atoms with Crippen LogP contribution in [-0.2, 0) is 0 Å². The first-order valence-corrected chi connectivity index (χ1v) is 8.57. The lowest BCUT2D eigenvalue weighted by molar-refractivity contribution is 0.406. The van der Waals surface area contributed by atoms with E-state index in [1.54, 1.807) is 0 Å². The Kier molecular flexibility index (Phi) is 4.25. The first-order chi connectivity index (χ1) is 9.78. The zero-order valence-corrected chi connectivity index (χ0v) is 13.6. The Morgan fingerprint density at radius 2 is 2.20 bits per heavy atom. The van der Waals surface area contributed by atoms with Crippen LogP contribution in [0.1, 0.15) is 24.8 Å². The Morgan fingerprint density at radius 1 is 1.35 bits per heavy atom. The number of fused-ring (bicyclic) bond motifs is 1. The minimum atomic E-state index is 0.802. The number of alkyl halides is 1. The number of aromatic nitrogens is 1. The summed E-state index contributed by atoms with van der Waals surface area (Å²) in [4.78, 5) is 7.39. The molecule has 0 amide bonds. The Bertz CT molecular complexity index is 595. The molecule has 2 aromatic rings. The quantitative estimate of drug-likeness (QED) is 0.767. The molecule has 1 aromatic heterocycles. The van der Waals surface area contributed by atoms with E-state index in [4.69, 9.17) is 4.98 Å². The van der Waals surface area contributed by atoms with Crippen molar-refractivity contribution in [3.63, 3.8) is 0 Å². The number of hydrogen-bond donors (Lipinski definition) is 0. The smallest absolute Gasteiger partial charge is 0.132 e. The van der Waals surface area contributed by atoms with Crippen molar-refractivity contribution in [2.75, 3.05) is 23.3 Å². The van der Waals surface area contributed by atoms with Crippen molar-refractivity contribution in [2.45, 2.75) is 26.2 Å². The van der Waals surface area contributed by atoms with Crippen molar-refractivity contribution in [1.29, 1.82) is 0 Å². The number of pyridine rings is 1. The van der Waals surface area contributed by atoms with E-state index in [2.05, 4.69) is 58.1 Å². The predicted octanol–water partition coefficient (Wildman–Crippen LogP) is 4.54. The first kappa shape index (κ1) is 13.9. The minimum absolute atomic E-state index is 0.802. The Labute approximate surface area is 129 Å². The number of anilines is 1. The van der Waals surface area contributed by atoms with E-state index >= 15 is 0 Å². The third-order valence-electron chi connectivity index (χ3n) is 4.22. The summed E-state index contributed by atoms with van der Waals surface area (Å²) in [6.45, 7) is 4.48. The summed E-state index contributed by atoms with van der Waals surface area (Å²) < 4.78 is 0. The summed E-state index contributed by atoms with van der Waals surface area (Å²) in [5.41, 5.74) is 2.40. The van der Waals surface area contributed by atoms with Crippen molar-refractivity contribution in [3.05, 3.63) is 35.9 Å². The van der Waals surface area contributed by atoms with E-state index in [-0.39, 0.29) is 0 Å². The number of benzene rings is 1. The zero-order chi connectivity index (χ0) is 13.9. The fourth-order valence-electron chi connectivity index (χ4n) is 3.18. The van der Waals surface area contributed by atoms with Gasteiger partial charge in [0.1, 0.15) is 5.82 Å². The molecule has 0 bridgehead atoms. The third-order valence-corrected chi connectivity index (χ3v) is 4.68. The van der Waals surface area contributed by atoms with E-state index in [9.17, 15) is 0 Å². The summed E-state index contributed by atoms with van der Waals surface area (Å²) in [6, 6.07) is 10.7. The molecular weight excluding hydrogens is 312 g/mol. The van der Waals surface area contributed by atoms with Crippen molar-refractivity contribution in [2.24, 2.45) is 5.92 Å². The van der Waals surface area contributed by atoms with Gasteiger partial charge in [0, 0.05) is 23.8 Å². The summed E-state index contributed by atoms with van der Waals surface area (Å²) in [5, 5.41) is 2.35. The summed E-state index contributed by atoms with van der Waals surface area (Å²) in [6.07, 6.45) is 3.91. The minimum Gasteiger partial charge on any atom is -0.356 e. The van der Waals surface area contributed by atoms with Crippen LogP contribution in [-0.4, -0.2) is 23.4 Å². The van der Waals surface area contributed by atoms with Gasteiger partial charge in [-0.25, -0.2) is 4.98 Å².